The summed E-state index contributed by atoms with van der Waals surface area (Å²) in [5.41, 5.74) is 5.86. The third kappa shape index (κ3) is 5.14. The summed E-state index contributed by atoms with van der Waals surface area (Å²) >= 11 is 2.77. The van der Waals surface area contributed by atoms with E-state index in [1.54, 1.807) is 32.3 Å². The second kappa shape index (κ2) is 11.6. The van der Waals surface area contributed by atoms with Gasteiger partial charge in [0.2, 0.25) is 0 Å². The number of carbonyl (C=O) groups excluding carboxylic acids is 1. The average Bonchev–Trinajstić information content (AvgIpc) is 3.46. The van der Waals surface area contributed by atoms with Gasteiger partial charge >= 0.3 is 0 Å². The molecule has 214 valence electrons. The average molecular weight is 599 g/mol. The number of hydrazone groups is 1. The molecule has 1 unspecified atom stereocenters. The van der Waals surface area contributed by atoms with Gasteiger partial charge in [-0.25, -0.2) is 15.1 Å². The molecule has 0 bridgehead atoms. The lowest BCUT2D eigenvalue weighted by atomic mass is 9.89. The number of nitrogens with one attached hydrogen (secondary N) is 1. The van der Waals surface area contributed by atoms with Crippen LogP contribution in [0.15, 0.2) is 80.5 Å². The third-order valence-electron chi connectivity index (χ3n) is 7.63. The van der Waals surface area contributed by atoms with Crippen LogP contribution in [-0.4, -0.2) is 36.8 Å². The van der Waals surface area contributed by atoms with E-state index < -0.39 is 0 Å². The molecule has 0 radical (unpaired) electrons. The smallest absolute Gasteiger partial charge is 0.280 e. The maximum absolute atomic E-state index is 13.9. The molecule has 1 aliphatic rings. The van der Waals surface area contributed by atoms with Crippen LogP contribution >= 0.6 is 23.1 Å². The minimum absolute atomic E-state index is 0.00768. The number of para-hydroxylation sites is 2. The largest absolute Gasteiger partial charge is 0.285 e. The van der Waals surface area contributed by atoms with Gasteiger partial charge < -0.3 is 0 Å². The number of hydrogen-bond donors (Lipinski definition) is 1. The number of rotatable bonds is 7. The Labute approximate surface area is 250 Å². The first-order valence-corrected chi connectivity index (χ1v) is 15.5. The van der Waals surface area contributed by atoms with Crippen LogP contribution in [0.3, 0.4) is 0 Å². The Kier molecular flexibility index (Phi) is 7.70. The number of carbonyl (C=O) groups is 1. The minimum atomic E-state index is -0.374. The van der Waals surface area contributed by atoms with Crippen molar-refractivity contribution in [3.8, 4) is 11.4 Å². The molecular weight excluding hydrogens is 569 g/mol. The molecule has 0 saturated carbocycles. The van der Waals surface area contributed by atoms with Crippen molar-refractivity contribution in [3.63, 3.8) is 0 Å². The summed E-state index contributed by atoms with van der Waals surface area (Å²) in [5.74, 6) is 0.203. The molecule has 3 aromatic heterocycles. The first-order valence-electron chi connectivity index (χ1n) is 13.7. The zero-order chi connectivity index (χ0) is 29.4. The van der Waals surface area contributed by atoms with Gasteiger partial charge in [-0.1, -0.05) is 55.1 Å². The van der Waals surface area contributed by atoms with Gasteiger partial charge in [0.25, 0.3) is 17.0 Å². The summed E-state index contributed by atoms with van der Waals surface area (Å²) in [7, 11) is 1.80. The predicted molar refractivity (Wildman–Crippen MR) is 169 cm³/mol. The van der Waals surface area contributed by atoms with Crippen molar-refractivity contribution >= 4 is 45.4 Å². The van der Waals surface area contributed by atoms with E-state index in [-0.39, 0.29) is 22.8 Å². The Hall–Kier alpha value is -4.22. The van der Waals surface area contributed by atoms with Crippen LogP contribution in [-0.2, 0) is 24.7 Å². The van der Waals surface area contributed by atoms with Crippen molar-refractivity contribution < 1.29 is 4.79 Å². The highest BCUT2D eigenvalue weighted by Crippen LogP contribution is 2.37. The Balaban J connectivity index is 1.24. The number of aryl methyl sites for hydroxylation is 1. The molecule has 0 saturated heterocycles. The van der Waals surface area contributed by atoms with E-state index in [0.29, 0.717) is 33.4 Å². The summed E-state index contributed by atoms with van der Waals surface area (Å²) < 4.78 is 4.92. The highest BCUT2D eigenvalue weighted by molar-refractivity contribution is 7.99. The number of amides is 1. The summed E-state index contributed by atoms with van der Waals surface area (Å²) in [6, 6.07) is 18.7. The fourth-order valence-electron chi connectivity index (χ4n) is 5.34. The maximum atomic E-state index is 13.9. The molecule has 2 aromatic carbocycles. The van der Waals surface area contributed by atoms with Crippen molar-refractivity contribution in [2.75, 3.05) is 5.75 Å². The van der Waals surface area contributed by atoms with Crippen molar-refractivity contribution in [1.82, 2.24) is 24.3 Å². The van der Waals surface area contributed by atoms with Crippen LogP contribution in [0.5, 0.6) is 0 Å². The van der Waals surface area contributed by atoms with E-state index in [1.807, 2.05) is 67.6 Å². The lowest BCUT2D eigenvalue weighted by molar-refractivity contribution is -0.118. The number of thioether (sulfide) groups is 1. The van der Waals surface area contributed by atoms with Crippen LogP contribution < -0.4 is 16.5 Å². The fourth-order valence-corrected chi connectivity index (χ4v) is 7.57. The normalized spacial score (nSPS) is 14.9. The quantitative estimate of drug-likeness (QED) is 0.128. The summed E-state index contributed by atoms with van der Waals surface area (Å²) in [6.07, 6.45) is 4.28. The molecule has 1 amide bonds. The van der Waals surface area contributed by atoms with Gasteiger partial charge in [0, 0.05) is 17.6 Å². The zero-order valence-electron chi connectivity index (χ0n) is 23.5. The third-order valence-corrected chi connectivity index (χ3v) is 9.71. The second-order valence-corrected chi connectivity index (χ2v) is 12.5. The summed E-state index contributed by atoms with van der Waals surface area (Å²) in [6.45, 7) is 4.07. The fraction of sp³-hybridized carbons (Fsp3) is 0.258. The van der Waals surface area contributed by atoms with Gasteiger partial charge in [-0.3, -0.25) is 23.6 Å². The number of hydrogen-bond acceptors (Lipinski definition) is 7. The first kappa shape index (κ1) is 27.9. The minimum Gasteiger partial charge on any atom is -0.285 e. The molecule has 1 atom stereocenters. The molecule has 6 rings (SSSR count). The highest BCUT2D eigenvalue weighted by Gasteiger charge is 2.25. The lowest BCUT2D eigenvalue weighted by Crippen LogP contribution is -2.24. The second-order valence-electron chi connectivity index (χ2n) is 10.5. The molecule has 1 N–H and O–H groups in total. The molecule has 5 aromatic rings. The van der Waals surface area contributed by atoms with Gasteiger partial charge in [0.05, 0.1) is 34.3 Å². The Morgan fingerprint density at radius 3 is 2.50 bits per heavy atom. The maximum Gasteiger partial charge on any atom is 0.280 e. The zero-order valence-corrected chi connectivity index (χ0v) is 25.2. The molecule has 0 fully saturated rings. The monoisotopic (exact) mass is 598 g/mol. The lowest BCUT2D eigenvalue weighted by Gasteiger charge is -2.17. The standard InChI is InChI=1S/C31H30N6O3S2/c1-19-14-15-23-25(16-19)42-28-27(23)30(40)36(21-10-6-4-7-11-21)31(33-28)41-18-26(38)34-32-17-24-20(2)35(3)37(29(24)39)22-12-8-5-9-13-22/h4-13,17,19H,14-16,18H2,1-3H3,(H,34,38)/b32-17+. The first-order chi connectivity index (χ1) is 20.3. The van der Waals surface area contributed by atoms with Crippen molar-refractivity contribution in [1.29, 1.82) is 0 Å². The van der Waals surface area contributed by atoms with E-state index in [2.05, 4.69) is 17.5 Å². The number of benzene rings is 2. The van der Waals surface area contributed by atoms with Crippen molar-refractivity contribution in [2.45, 2.75) is 38.3 Å². The van der Waals surface area contributed by atoms with E-state index in [1.165, 1.54) is 22.9 Å². The van der Waals surface area contributed by atoms with Gasteiger partial charge in [0.15, 0.2) is 5.16 Å². The number of nitrogens with zero attached hydrogens (tertiary/aromatic N) is 5. The summed E-state index contributed by atoms with van der Waals surface area (Å²) in [5, 5.41) is 5.22. The van der Waals surface area contributed by atoms with E-state index in [4.69, 9.17) is 4.98 Å². The molecule has 11 heteroatoms. The highest BCUT2D eigenvalue weighted by atomic mass is 32.2. The van der Waals surface area contributed by atoms with Crippen LogP contribution in [0, 0.1) is 12.8 Å². The van der Waals surface area contributed by atoms with Crippen molar-refractivity contribution in [3.05, 3.63) is 103 Å². The Morgan fingerprint density at radius 1 is 1.10 bits per heavy atom. The van der Waals surface area contributed by atoms with Crippen LogP contribution in [0.4, 0.5) is 0 Å². The van der Waals surface area contributed by atoms with Gasteiger partial charge in [-0.2, -0.15) is 5.10 Å². The molecular formula is C31H30N6O3S2. The Bertz CT molecular complexity index is 1940. The molecule has 42 heavy (non-hydrogen) atoms. The molecule has 3 heterocycles. The summed E-state index contributed by atoms with van der Waals surface area (Å²) in [4.78, 5) is 46.7. The number of fused-ring (bicyclic) bond motifs is 3. The SMILES string of the molecule is Cc1c(/C=N/NC(=O)CSc2nc3sc4c(c3c(=O)n2-c2ccccc2)CCC(C)C4)c(=O)n(-c2ccccc2)n1C. The topological polar surface area (TPSA) is 103 Å². The van der Waals surface area contributed by atoms with Crippen molar-refractivity contribution in [2.24, 2.45) is 18.1 Å². The van der Waals surface area contributed by atoms with Gasteiger partial charge in [-0.05, 0) is 61.9 Å². The van der Waals surface area contributed by atoms with Crippen LogP contribution in [0.25, 0.3) is 21.6 Å². The van der Waals surface area contributed by atoms with Gasteiger partial charge in [0.1, 0.15) is 4.83 Å². The number of aromatic nitrogens is 4. The van der Waals surface area contributed by atoms with E-state index in [0.717, 1.165) is 35.3 Å². The molecule has 0 aliphatic heterocycles. The van der Waals surface area contributed by atoms with E-state index >= 15 is 0 Å². The predicted octanol–water partition coefficient (Wildman–Crippen LogP) is 4.61. The Morgan fingerprint density at radius 2 is 1.79 bits per heavy atom. The molecule has 1 aliphatic carbocycles. The number of thiophene rings is 1. The van der Waals surface area contributed by atoms with Gasteiger partial charge in [-0.15, -0.1) is 11.3 Å². The molecule has 9 nitrogen and oxygen atoms in total. The van der Waals surface area contributed by atoms with Crippen LogP contribution in [0.1, 0.15) is 35.0 Å². The van der Waals surface area contributed by atoms with Crippen LogP contribution in [0.2, 0.25) is 0 Å². The molecule has 0 spiro atoms. The van der Waals surface area contributed by atoms with E-state index in [9.17, 15) is 14.4 Å².